The Morgan fingerprint density at radius 2 is 1.71 bits per heavy atom. The van der Waals surface area contributed by atoms with E-state index >= 15 is 0 Å². The fraction of sp³-hybridized carbons (Fsp3) is 0.562. The first kappa shape index (κ1) is 17.9. The molecular weight excluding hydrogens is 286 g/mol. The van der Waals surface area contributed by atoms with Crippen molar-refractivity contribution in [3.63, 3.8) is 0 Å². The van der Waals surface area contributed by atoms with Crippen LogP contribution in [0.1, 0.15) is 51.6 Å². The Balaban J connectivity index is 2.42. The minimum Gasteiger partial charge on any atom is -0.324 e. The van der Waals surface area contributed by atoms with Gasteiger partial charge in [-0.2, -0.15) is 0 Å². The molecule has 0 aromatic heterocycles. The number of Topliss-reactive ketones (excluding diaryl/α,β-unsaturated/α-hetero) is 1. The summed E-state index contributed by atoms with van der Waals surface area (Å²) >= 11 is 0. The minimum absolute atomic E-state index is 0.0470. The van der Waals surface area contributed by atoms with Crippen molar-refractivity contribution in [1.29, 1.82) is 0 Å². The van der Waals surface area contributed by atoms with E-state index in [-0.39, 0.29) is 24.0 Å². The number of sulfone groups is 1. The zero-order valence-electron chi connectivity index (χ0n) is 13.0. The van der Waals surface area contributed by atoms with Gasteiger partial charge in [-0.15, -0.1) is 0 Å². The Labute approximate surface area is 127 Å². The van der Waals surface area contributed by atoms with E-state index in [1.165, 1.54) is 0 Å². The Kier molecular flexibility index (Phi) is 6.10. The van der Waals surface area contributed by atoms with Gasteiger partial charge in [0, 0.05) is 18.9 Å². The van der Waals surface area contributed by atoms with Crippen molar-refractivity contribution in [3.8, 4) is 0 Å². The number of nitrogens with two attached hydrogens (primary N) is 1. The van der Waals surface area contributed by atoms with E-state index < -0.39 is 14.6 Å². The Bertz CT molecular complexity index is 559. The van der Waals surface area contributed by atoms with Crippen LogP contribution in [0.2, 0.25) is 0 Å². The van der Waals surface area contributed by atoms with E-state index in [1.807, 2.05) is 30.3 Å². The molecule has 1 rings (SSSR count). The molecule has 0 aliphatic carbocycles. The number of benzene rings is 1. The van der Waals surface area contributed by atoms with Crippen molar-refractivity contribution in [1.82, 2.24) is 0 Å². The molecule has 0 spiro atoms. The standard InChI is InChI=1S/C16H25NO3S/c1-16(2,3)21(19,20)12-11-14(18)9-10-15(17)13-7-5-4-6-8-13/h4-8,15H,9-12,17H2,1-3H3. The van der Waals surface area contributed by atoms with Gasteiger partial charge in [-0.3, -0.25) is 4.79 Å². The van der Waals surface area contributed by atoms with Crippen LogP contribution in [0.15, 0.2) is 30.3 Å². The summed E-state index contributed by atoms with van der Waals surface area (Å²) in [6, 6.07) is 9.41. The first-order valence-electron chi connectivity index (χ1n) is 7.18. The molecule has 0 saturated carbocycles. The second kappa shape index (κ2) is 7.18. The molecule has 1 unspecified atom stereocenters. The molecule has 0 amide bonds. The molecule has 0 radical (unpaired) electrons. The van der Waals surface area contributed by atoms with Crippen molar-refractivity contribution in [2.45, 2.75) is 50.8 Å². The first-order valence-corrected chi connectivity index (χ1v) is 8.83. The lowest BCUT2D eigenvalue weighted by molar-refractivity contribution is -0.118. The number of carbonyl (C=O) groups excluding carboxylic acids is 1. The highest BCUT2D eigenvalue weighted by Gasteiger charge is 2.29. The number of rotatable bonds is 7. The predicted octanol–water partition coefficient (Wildman–Crippen LogP) is 2.64. The molecule has 21 heavy (non-hydrogen) atoms. The molecule has 1 atom stereocenters. The van der Waals surface area contributed by atoms with Gasteiger partial charge in [0.05, 0.1) is 10.5 Å². The smallest absolute Gasteiger partial charge is 0.155 e. The molecule has 0 aliphatic rings. The van der Waals surface area contributed by atoms with Crippen molar-refractivity contribution < 1.29 is 13.2 Å². The lowest BCUT2D eigenvalue weighted by Crippen LogP contribution is -2.31. The van der Waals surface area contributed by atoms with Crippen LogP contribution in [0.25, 0.3) is 0 Å². The van der Waals surface area contributed by atoms with Crippen LogP contribution in [0.5, 0.6) is 0 Å². The topological polar surface area (TPSA) is 77.2 Å². The summed E-state index contributed by atoms with van der Waals surface area (Å²) in [5, 5.41) is 0. The maximum atomic E-state index is 11.9. The zero-order valence-corrected chi connectivity index (χ0v) is 13.8. The summed E-state index contributed by atoms with van der Waals surface area (Å²) in [5.41, 5.74) is 7.02. The van der Waals surface area contributed by atoms with Gasteiger partial charge in [-0.05, 0) is 32.8 Å². The fourth-order valence-electron chi connectivity index (χ4n) is 1.86. The van der Waals surface area contributed by atoms with Crippen LogP contribution in [0.3, 0.4) is 0 Å². The van der Waals surface area contributed by atoms with Crippen LogP contribution in [0, 0.1) is 0 Å². The second-order valence-corrected chi connectivity index (χ2v) is 9.14. The highest BCUT2D eigenvalue weighted by atomic mass is 32.2. The maximum Gasteiger partial charge on any atom is 0.155 e. The van der Waals surface area contributed by atoms with Gasteiger partial charge in [0.15, 0.2) is 9.84 Å². The molecule has 5 heteroatoms. The van der Waals surface area contributed by atoms with E-state index in [4.69, 9.17) is 5.73 Å². The third-order valence-corrected chi connectivity index (χ3v) is 6.15. The number of hydrogen-bond donors (Lipinski definition) is 1. The average Bonchev–Trinajstić information content (AvgIpc) is 2.42. The summed E-state index contributed by atoms with van der Waals surface area (Å²) < 4.78 is 23.1. The molecule has 0 heterocycles. The quantitative estimate of drug-likeness (QED) is 0.839. The number of carbonyl (C=O) groups is 1. The largest absolute Gasteiger partial charge is 0.324 e. The lowest BCUT2D eigenvalue weighted by Gasteiger charge is -2.18. The van der Waals surface area contributed by atoms with Gasteiger partial charge in [0.1, 0.15) is 5.78 Å². The fourth-order valence-corrected chi connectivity index (χ4v) is 2.97. The van der Waals surface area contributed by atoms with Crippen molar-refractivity contribution in [3.05, 3.63) is 35.9 Å². The zero-order chi connectivity index (χ0) is 16.1. The summed E-state index contributed by atoms with van der Waals surface area (Å²) in [6.45, 7) is 4.95. The molecule has 0 aliphatic heterocycles. The van der Waals surface area contributed by atoms with E-state index in [9.17, 15) is 13.2 Å². The molecule has 0 fully saturated rings. The lowest BCUT2D eigenvalue weighted by atomic mass is 10.0. The predicted molar refractivity (Wildman–Crippen MR) is 85.8 cm³/mol. The van der Waals surface area contributed by atoms with Gasteiger partial charge >= 0.3 is 0 Å². The third-order valence-electron chi connectivity index (χ3n) is 3.54. The Morgan fingerprint density at radius 1 is 1.14 bits per heavy atom. The summed E-state index contributed by atoms with van der Waals surface area (Å²) in [6.07, 6.45) is 0.926. The van der Waals surface area contributed by atoms with Crippen LogP contribution in [0.4, 0.5) is 0 Å². The second-order valence-electron chi connectivity index (χ2n) is 6.28. The molecule has 1 aromatic rings. The van der Waals surface area contributed by atoms with Gasteiger partial charge in [-0.25, -0.2) is 8.42 Å². The van der Waals surface area contributed by atoms with Gasteiger partial charge in [-0.1, -0.05) is 30.3 Å². The first-order chi connectivity index (χ1) is 9.63. The number of hydrogen-bond acceptors (Lipinski definition) is 4. The van der Waals surface area contributed by atoms with Crippen LogP contribution >= 0.6 is 0 Å². The van der Waals surface area contributed by atoms with Crippen molar-refractivity contribution in [2.24, 2.45) is 5.73 Å². The molecule has 2 N–H and O–H groups in total. The molecule has 4 nitrogen and oxygen atoms in total. The summed E-state index contributed by atoms with van der Waals surface area (Å²) in [7, 11) is -3.24. The third kappa shape index (κ3) is 5.59. The Morgan fingerprint density at radius 3 is 2.24 bits per heavy atom. The van der Waals surface area contributed by atoms with Crippen molar-refractivity contribution in [2.75, 3.05) is 5.75 Å². The number of ketones is 1. The van der Waals surface area contributed by atoms with E-state index in [1.54, 1.807) is 20.8 Å². The molecule has 0 saturated heterocycles. The summed E-state index contributed by atoms with van der Waals surface area (Å²) in [5.74, 6) is -0.134. The molecule has 118 valence electrons. The monoisotopic (exact) mass is 311 g/mol. The van der Waals surface area contributed by atoms with Gasteiger partial charge in [0.25, 0.3) is 0 Å². The maximum absolute atomic E-state index is 11.9. The highest BCUT2D eigenvalue weighted by molar-refractivity contribution is 7.92. The minimum atomic E-state index is -3.24. The van der Waals surface area contributed by atoms with Crippen LogP contribution in [-0.4, -0.2) is 24.7 Å². The average molecular weight is 311 g/mol. The highest BCUT2D eigenvalue weighted by Crippen LogP contribution is 2.19. The van der Waals surface area contributed by atoms with E-state index in [0.717, 1.165) is 5.56 Å². The normalized spacial score (nSPS) is 13.9. The summed E-state index contributed by atoms with van der Waals surface area (Å²) in [4.78, 5) is 11.8. The van der Waals surface area contributed by atoms with Gasteiger partial charge < -0.3 is 5.73 Å². The molecular formula is C16H25NO3S. The Hall–Kier alpha value is -1.20. The van der Waals surface area contributed by atoms with E-state index in [2.05, 4.69) is 0 Å². The molecule has 0 bridgehead atoms. The van der Waals surface area contributed by atoms with E-state index in [0.29, 0.717) is 12.8 Å². The molecule has 1 aromatic carbocycles. The SMILES string of the molecule is CC(C)(C)S(=O)(=O)CCC(=O)CCC(N)c1ccccc1. The van der Waals surface area contributed by atoms with Gasteiger partial charge in [0.2, 0.25) is 0 Å². The van der Waals surface area contributed by atoms with Crippen LogP contribution < -0.4 is 5.73 Å². The van der Waals surface area contributed by atoms with Crippen LogP contribution in [-0.2, 0) is 14.6 Å². The van der Waals surface area contributed by atoms with Crippen molar-refractivity contribution >= 4 is 15.6 Å².